The van der Waals surface area contributed by atoms with Crippen LogP contribution in [0.2, 0.25) is 0 Å². The van der Waals surface area contributed by atoms with Crippen molar-refractivity contribution in [2.75, 3.05) is 198 Å². The fourth-order valence-electron chi connectivity index (χ4n) is 11.0. The van der Waals surface area contributed by atoms with Gasteiger partial charge in [0.1, 0.15) is 78.9 Å². The fraction of sp³-hybridized carbons (Fsp3) is 0.769. The van der Waals surface area contributed by atoms with Crippen molar-refractivity contribution in [1.29, 1.82) is 0 Å². The van der Waals surface area contributed by atoms with Gasteiger partial charge in [0.2, 0.25) is 0 Å². The first kappa shape index (κ1) is 101. The zero-order valence-electron chi connectivity index (χ0n) is 65.8. The molecular weight excluding hydrogens is 1210 g/mol. The van der Waals surface area contributed by atoms with Crippen molar-refractivity contribution >= 4 is 35.8 Å². The maximum absolute atomic E-state index is 11.2. The predicted octanol–water partition coefficient (Wildman–Crippen LogP) is 10.9. The lowest BCUT2D eigenvalue weighted by molar-refractivity contribution is -0.927. The van der Waals surface area contributed by atoms with E-state index < -0.39 is 35.8 Å². The lowest BCUT2D eigenvalue weighted by Gasteiger charge is -2.37. The molecule has 0 saturated carbocycles. The number of hydrogen-bond acceptors (Lipinski definition) is 12. The van der Waals surface area contributed by atoms with Crippen LogP contribution >= 0.6 is 0 Å². The SMILES string of the molecule is C#CC(=O)OCC[N+](CC)(CCC)CCC.CC#CC(=O)OCC[N+](C)(C)C.CC#CC(=O)OCC[N+](CC)(CC)CC.CC#CC(=O)OCC[N+](CC)(CCC)CCC.CC#CC(=O)OCC[N+](CC)(CCC)CCCC.CC#CC(=O)OCC[N+](CC)(CCC)CCCC. The Morgan fingerprint density at radius 1 is 0.260 bits per heavy atom. The molecule has 0 amide bonds. The van der Waals surface area contributed by atoms with E-state index in [1.165, 1.54) is 51.6 Å². The number of terminal acetylenes is 1. The Morgan fingerprint density at radius 2 is 0.448 bits per heavy atom. The lowest BCUT2D eigenvalue weighted by atomic mass is 10.2. The summed E-state index contributed by atoms with van der Waals surface area (Å²) >= 11 is 0. The molecule has 18 nitrogen and oxygen atoms in total. The zero-order valence-corrected chi connectivity index (χ0v) is 65.8. The average Bonchev–Trinajstić information content (AvgIpc) is 1.10. The van der Waals surface area contributed by atoms with Gasteiger partial charge in [0.25, 0.3) is 0 Å². The van der Waals surface area contributed by atoms with Crippen LogP contribution in [0.15, 0.2) is 0 Å². The molecule has 0 aromatic carbocycles. The minimum Gasteiger partial charge on any atom is -0.450 e. The molecule has 0 bridgehead atoms. The Hall–Kier alpha value is -6.06. The summed E-state index contributed by atoms with van der Waals surface area (Å²) in [5.74, 6) is 23.9. The Balaban J connectivity index is -0.000000254. The Morgan fingerprint density at radius 3 is 0.615 bits per heavy atom. The smallest absolute Gasteiger partial charge is 0.384 e. The van der Waals surface area contributed by atoms with E-state index in [0.29, 0.717) is 39.6 Å². The topological polar surface area (TPSA) is 158 Å². The second kappa shape index (κ2) is 66.2. The summed E-state index contributed by atoms with van der Waals surface area (Å²) in [6.45, 7) is 66.0. The number of quaternary nitrogens is 6. The molecule has 0 N–H and O–H groups in total. The molecule has 0 aliphatic rings. The van der Waals surface area contributed by atoms with Gasteiger partial charge in [-0.1, -0.05) is 97.8 Å². The third-order valence-electron chi connectivity index (χ3n) is 17.1. The number of hydrogen-bond donors (Lipinski definition) is 0. The van der Waals surface area contributed by atoms with E-state index in [9.17, 15) is 28.8 Å². The van der Waals surface area contributed by atoms with Crippen molar-refractivity contribution in [1.82, 2.24) is 0 Å². The number of nitrogens with zero attached hydrogens (tertiary/aromatic N) is 6. The Kier molecular flexibility index (Phi) is 69.6. The lowest BCUT2D eigenvalue weighted by Crippen LogP contribution is -2.51. The van der Waals surface area contributed by atoms with Crippen LogP contribution in [0.4, 0.5) is 0 Å². The second-order valence-electron chi connectivity index (χ2n) is 24.9. The number of likely N-dealkylation sites (N-methyl/N-ethyl adjacent to an activating group) is 6. The molecule has 0 aliphatic carbocycles. The van der Waals surface area contributed by atoms with Gasteiger partial charge >= 0.3 is 35.8 Å². The van der Waals surface area contributed by atoms with E-state index in [1.807, 2.05) is 27.1 Å². The van der Waals surface area contributed by atoms with E-state index in [4.69, 9.17) is 34.8 Å². The molecule has 18 heteroatoms. The average molecular weight is 1360 g/mol. The number of unbranched alkanes of at least 4 members (excludes halogenated alkanes) is 2. The number of carbonyl (C=O) groups is 6. The van der Waals surface area contributed by atoms with Crippen molar-refractivity contribution in [3.05, 3.63) is 0 Å². The zero-order chi connectivity index (χ0) is 74.6. The molecule has 0 aromatic rings. The first-order valence-electron chi connectivity index (χ1n) is 36.3. The van der Waals surface area contributed by atoms with Crippen molar-refractivity contribution in [2.24, 2.45) is 0 Å². The number of ether oxygens (including phenoxy) is 6. The van der Waals surface area contributed by atoms with Gasteiger partial charge in [-0.3, -0.25) is 0 Å². The van der Waals surface area contributed by atoms with Crippen LogP contribution in [0.1, 0.15) is 203 Å². The van der Waals surface area contributed by atoms with E-state index in [1.54, 1.807) is 34.6 Å². The number of rotatable bonds is 43. The monoisotopic (exact) mass is 1360 g/mol. The molecule has 0 aliphatic heterocycles. The van der Waals surface area contributed by atoms with E-state index in [-0.39, 0.29) is 0 Å². The van der Waals surface area contributed by atoms with Gasteiger partial charge in [0, 0.05) is 35.5 Å². The molecule has 2 unspecified atom stereocenters. The third-order valence-corrected chi connectivity index (χ3v) is 17.1. The molecule has 0 aromatic heterocycles. The molecule has 0 heterocycles. The minimum atomic E-state index is -0.554. The molecule has 0 fully saturated rings. The van der Waals surface area contributed by atoms with Crippen LogP contribution in [0.25, 0.3) is 0 Å². The van der Waals surface area contributed by atoms with Crippen LogP contribution < -0.4 is 0 Å². The highest BCUT2D eigenvalue weighted by Gasteiger charge is 2.27. The Labute approximate surface area is 589 Å². The minimum absolute atomic E-state index is 0.404. The Bertz CT molecular complexity index is 2330. The molecule has 552 valence electrons. The molecular formula is C78H144N6O12+6. The molecule has 0 saturated heterocycles. The summed E-state index contributed by atoms with van der Waals surface area (Å²) in [5.41, 5.74) is 0. The summed E-state index contributed by atoms with van der Waals surface area (Å²) in [5, 5.41) is 0. The predicted molar refractivity (Wildman–Crippen MR) is 395 cm³/mol. The van der Waals surface area contributed by atoms with Gasteiger partial charge < -0.3 is 55.3 Å². The van der Waals surface area contributed by atoms with Gasteiger partial charge in [-0.25, -0.2) is 28.8 Å². The molecule has 2 atom stereocenters. The van der Waals surface area contributed by atoms with Gasteiger partial charge in [0.05, 0.1) is 119 Å². The van der Waals surface area contributed by atoms with E-state index in [0.717, 1.165) is 177 Å². The third kappa shape index (κ3) is 57.1. The van der Waals surface area contributed by atoms with Crippen molar-refractivity contribution in [3.63, 3.8) is 0 Å². The van der Waals surface area contributed by atoms with Crippen LogP contribution in [0.5, 0.6) is 0 Å². The molecule has 96 heavy (non-hydrogen) atoms. The fourth-order valence-corrected chi connectivity index (χ4v) is 11.0. The van der Waals surface area contributed by atoms with Crippen LogP contribution in [0.3, 0.4) is 0 Å². The molecule has 0 rings (SSSR count). The van der Waals surface area contributed by atoms with Gasteiger partial charge in [-0.05, 0) is 134 Å². The number of esters is 6. The highest BCUT2D eigenvalue weighted by Crippen LogP contribution is 2.14. The highest BCUT2D eigenvalue weighted by atomic mass is 16.6. The van der Waals surface area contributed by atoms with Gasteiger partial charge in [0.15, 0.2) is 0 Å². The van der Waals surface area contributed by atoms with Crippen LogP contribution in [-0.2, 0) is 57.2 Å². The maximum atomic E-state index is 11.2. The van der Waals surface area contributed by atoms with Gasteiger partial charge in [-0.2, -0.15) is 0 Å². The first-order valence-corrected chi connectivity index (χ1v) is 36.3. The summed E-state index contributed by atoms with van der Waals surface area (Å²) < 4.78 is 36.1. The largest absolute Gasteiger partial charge is 0.450 e. The van der Waals surface area contributed by atoms with Gasteiger partial charge in [-0.15, -0.1) is 6.42 Å². The standard InChI is InChI=1S/2C15H28NO2.C14H26NO2.C13H24NO2.C12H22NO2.C9H16NO2/c2*1-5-9-12-16(8-4,11-7-3)13-14-18-15(17)10-6-2;1-5-9-14(16)17-13-12-15(8-4,10-6-2)11-7-3;1-5-9-14(8-4,10-6-2)11-12-16-13(15)7-3;1-5-9-12(14)15-11-10-13(6-2,7-3)8-4;1-5-6-9(11)12-8-7-10(2,3)4/h2*5,7-9,11-14H2,1-4H3;6-8,10-13H2,1-4H3;3H,5-6,8-12H2,1-2,4H3;6-8,10-11H2,1-4H3;7-8H2,1-4H3/q6*+1. The second-order valence-corrected chi connectivity index (χ2v) is 24.9. The normalized spacial score (nSPS) is 11.6. The van der Waals surface area contributed by atoms with Crippen molar-refractivity contribution in [3.8, 4) is 71.5 Å². The summed E-state index contributed by atoms with van der Waals surface area (Å²) in [7, 11) is 6.12. The van der Waals surface area contributed by atoms with Crippen LogP contribution in [0, 0.1) is 71.5 Å². The molecule has 0 radical (unpaired) electrons. The summed E-state index contributed by atoms with van der Waals surface area (Å²) in [4.78, 5) is 66.1. The van der Waals surface area contributed by atoms with Crippen LogP contribution in [-0.4, -0.2) is 261 Å². The maximum Gasteiger partial charge on any atom is 0.384 e. The summed E-state index contributed by atoms with van der Waals surface area (Å²) in [6, 6.07) is 0. The quantitative estimate of drug-likeness (QED) is 0.0187. The summed E-state index contributed by atoms with van der Waals surface area (Å²) in [6.07, 6.45) is 16.8. The first-order chi connectivity index (χ1) is 45.6. The number of carbonyl (C=O) groups excluding carboxylic acids is 6. The highest BCUT2D eigenvalue weighted by molar-refractivity contribution is 5.90. The van der Waals surface area contributed by atoms with E-state index in [2.05, 4.69) is 163 Å². The van der Waals surface area contributed by atoms with Crippen molar-refractivity contribution < 1.29 is 84.1 Å². The molecule has 0 spiro atoms. The van der Waals surface area contributed by atoms with Crippen molar-refractivity contribution in [2.45, 2.75) is 203 Å². The van der Waals surface area contributed by atoms with E-state index >= 15 is 0 Å².